The van der Waals surface area contributed by atoms with Crippen LogP contribution < -0.4 is 0 Å². The first-order valence-electron chi connectivity index (χ1n) is 4.25. The molecule has 0 radical (unpaired) electrons. The summed E-state index contributed by atoms with van der Waals surface area (Å²) in [5, 5.41) is 3.21. The Hall–Kier alpha value is -0.610. The third-order valence-corrected chi connectivity index (χ3v) is 2.04. The molecule has 1 rings (SSSR count). The van der Waals surface area contributed by atoms with Gasteiger partial charge >= 0.3 is 0 Å². The third kappa shape index (κ3) is 2.42. The van der Waals surface area contributed by atoms with E-state index in [1.807, 2.05) is 10.7 Å². The highest BCUT2D eigenvalue weighted by atomic mass is 32.1. The number of hydrogen-bond donors (Lipinski definition) is 1. The molecule has 0 atom stereocenters. The summed E-state index contributed by atoms with van der Waals surface area (Å²) in [6.45, 7) is 6.90. The zero-order chi connectivity index (χ0) is 10.1. The second-order valence-corrected chi connectivity index (χ2v) is 4.48. The molecule has 0 saturated carbocycles. The van der Waals surface area contributed by atoms with Crippen LogP contribution in [0.4, 0.5) is 0 Å². The number of aromatic nitrogens is 2. The van der Waals surface area contributed by atoms with E-state index >= 15 is 0 Å². The van der Waals surface area contributed by atoms with Gasteiger partial charge in [0.2, 0.25) is 0 Å². The summed E-state index contributed by atoms with van der Waals surface area (Å²) in [6.07, 6.45) is 0. The van der Waals surface area contributed by atoms with E-state index in [0.29, 0.717) is 6.61 Å². The maximum absolute atomic E-state index is 5.21. The molecule has 0 spiro atoms. The summed E-state index contributed by atoms with van der Waals surface area (Å²) in [4.78, 5) is 0. The van der Waals surface area contributed by atoms with E-state index in [1.54, 1.807) is 7.11 Å². The number of methoxy groups -OCH3 is 1. The molecular weight excluding hydrogens is 184 g/mol. The SMILES string of the molecule is COCc1cc(=S)n(C(C)(C)C)[nH]1. The molecular formula is C9H16N2OS. The van der Waals surface area contributed by atoms with Crippen LogP contribution in [0.2, 0.25) is 0 Å². The predicted molar refractivity (Wildman–Crippen MR) is 55.3 cm³/mol. The molecule has 13 heavy (non-hydrogen) atoms. The summed E-state index contributed by atoms with van der Waals surface area (Å²) in [7, 11) is 1.67. The maximum Gasteiger partial charge on any atom is 0.122 e. The number of hydrogen-bond acceptors (Lipinski definition) is 2. The van der Waals surface area contributed by atoms with Gasteiger partial charge < -0.3 is 4.74 Å². The zero-order valence-electron chi connectivity index (χ0n) is 8.55. The molecule has 0 bridgehead atoms. The van der Waals surface area contributed by atoms with Crippen LogP contribution >= 0.6 is 12.2 Å². The molecule has 0 unspecified atom stereocenters. The number of aromatic amines is 1. The van der Waals surface area contributed by atoms with Gasteiger partial charge in [0, 0.05) is 7.11 Å². The molecule has 0 amide bonds. The molecule has 0 saturated heterocycles. The van der Waals surface area contributed by atoms with Gasteiger partial charge in [-0.05, 0) is 26.8 Å². The lowest BCUT2D eigenvalue weighted by Crippen LogP contribution is -2.23. The lowest BCUT2D eigenvalue weighted by molar-refractivity contribution is 0.179. The predicted octanol–water partition coefficient (Wildman–Crippen LogP) is 2.45. The quantitative estimate of drug-likeness (QED) is 0.743. The van der Waals surface area contributed by atoms with E-state index in [-0.39, 0.29) is 5.54 Å². The van der Waals surface area contributed by atoms with Gasteiger partial charge in [0.15, 0.2) is 0 Å². The van der Waals surface area contributed by atoms with E-state index in [0.717, 1.165) is 10.3 Å². The number of rotatable bonds is 2. The van der Waals surface area contributed by atoms with Crippen molar-refractivity contribution in [1.82, 2.24) is 9.78 Å². The Bertz CT molecular complexity index is 332. The number of H-pyrrole nitrogens is 1. The molecule has 74 valence electrons. The van der Waals surface area contributed by atoms with Crippen LogP contribution in [-0.4, -0.2) is 16.9 Å². The average molecular weight is 200 g/mol. The first kappa shape index (κ1) is 10.5. The standard InChI is InChI=1S/C9H16N2OS/c1-9(2,3)11-8(13)5-7(10-11)6-12-4/h5,10H,6H2,1-4H3. The van der Waals surface area contributed by atoms with Crippen LogP contribution in [-0.2, 0) is 16.9 Å². The fourth-order valence-electron chi connectivity index (χ4n) is 1.17. The van der Waals surface area contributed by atoms with E-state index < -0.39 is 0 Å². The molecule has 1 N–H and O–H groups in total. The number of nitrogens with one attached hydrogen (secondary N) is 1. The lowest BCUT2D eigenvalue weighted by atomic mass is 10.1. The number of ether oxygens (including phenoxy) is 1. The molecule has 0 aromatic carbocycles. The van der Waals surface area contributed by atoms with Gasteiger partial charge in [-0.1, -0.05) is 12.2 Å². The summed E-state index contributed by atoms with van der Waals surface area (Å²) in [6, 6.07) is 1.93. The van der Waals surface area contributed by atoms with Crippen LogP contribution in [0, 0.1) is 4.64 Å². The Kier molecular flexibility index (Phi) is 2.93. The Morgan fingerprint density at radius 2 is 2.15 bits per heavy atom. The van der Waals surface area contributed by atoms with Gasteiger partial charge in [-0.25, -0.2) is 0 Å². The van der Waals surface area contributed by atoms with Crippen molar-refractivity contribution in [2.45, 2.75) is 32.9 Å². The fourth-order valence-corrected chi connectivity index (χ4v) is 1.63. The highest BCUT2D eigenvalue weighted by Gasteiger charge is 2.14. The maximum atomic E-state index is 5.21. The normalized spacial score (nSPS) is 12.0. The third-order valence-electron chi connectivity index (χ3n) is 1.74. The molecule has 3 nitrogen and oxygen atoms in total. The summed E-state index contributed by atoms with van der Waals surface area (Å²) >= 11 is 5.21. The van der Waals surface area contributed by atoms with Crippen molar-refractivity contribution in [1.29, 1.82) is 0 Å². The molecule has 1 heterocycles. The first-order valence-corrected chi connectivity index (χ1v) is 4.66. The van der Waals surface area contributed by atoms with Crippen molar-refractivity contribution >= 4 is 12.2 Å². The Balaban J connectivity index is 3.04. The van der Waals surface area contributed by atoms with E-state index in [9.17, 15) is 0 Å². The van der Waals surface area contributed by atoms with Crippen molar-refractivity contribution in [3.63, 3.8) is 0 Å². The molecule has 0 aliphatic rings. The summed E-state index contributed by atoms with van der Waals surface area (Å²) < 4.78 is 7.81. The second kappa shape index (κ2) is 3.64. The van der Waals surface area contributed by atoms with E-state index in [2.05, 4.69) is 25.9 Å². The molecule has 4 heteroatoms. The van der Waals surface area contributed by atoms with Crippen molar-refractivity contribution in [3.05, 3.63) is 16.4 Å². The second-order valence-electron chi connectivity index (χ2n) is 4.06. The summed E-state index contributed by atoms with van der Waals surface area (Å²) in [5.74, 6) is 0. The monoisotopic (exact) mass is 200 g/mol. The van der Waals surface area contributed by atoms with Crippen LogP contribution in [0.25, 0.3) is 0 Å². The van der Waals surface area contributed by atoms with Crippen molar-refractivity contribution in [2.24, 2.45) is 0 Å². The van der Waals surface area contributed by atoms with Crippen LogP contribution in [0.3, 0.4) is 0 Å². The zero-order valence-corrected chi connectivity index (χ0v) is 9.36. The Morgan fingerprint density at radius 3 is 2.54 bits per heavy atom. The van der Waals surface area contributed by atoms with E-state index in [4.69, 9.17) is 17.0 Å². The Morgan fingerprint density at radius 1 is 1.54 bits per heavy atom. The molecule has 1 aromatic heterocycles. The minimum absolute atomic E-state index is 0.00305. The smallest absolute Gasteiger partial charge is 0.122 e. The van der Waals surface area contributed by atoms with E-state index in [1.165, 1.54) is 0 Å². The van der Waals surface area contributed by atoms with Crippen molar-refractivity contribution < 1.29 is 4.74 Å². The van der Waals surface area contributed by atoms with Gasteiger partial charge in [0.25, 0.3) is 0 Å². The lowest BCUT2D eigenvalue weighted by Gasteiger charge is -2.20. The molecule has 0 fully saturated rings. The Labute approximate surface area is 83.7 Å². The van der Waals surface area contributed by atoms with Crippen molar-refractivity contribution in [2.75, 3.05) is 7.11 Å². The average Bonchev–Trinajstić information content (AvgIpc) is 2.30. The van der Waals surface area contributed by atoms with Crippen molar-refractivity contribution in [3.8, 4) is 0 Å². The number of nitrogens with zero attached hydrogens (tertiary/aromatic N) is 1. The van der Waals surface area contributed by atoms with Gasteiger partial charge in [0.1, 0.15) is 4.64 Å². The van der Waals surface area contributed by atoms with Gasteiger partial charge in [-0.15, -0.1) is 0 Å². The molecule has 1 aromatic rings. The van der Waals surface area contributed by atoms with Gasteiger partial charge in [-0.3, -0.25) is 9.78 Å². The van der Waals surface area contributed by atoms with Crippen LogP contribution in [0.1, 0.15) is 26.5 Å². The highest BCUT2D eigenvalue weighted by molar-refractivity contribution is 7.71. The topological polar surface area (TPSA) is 29.9 Å². The fraction of sp³-hybridized carbons (Fsp3) is 0.667. The molecule has 0 aliphatic heterocycles. The first-order chi connectivity index (χ1) is 5.95. The van der Waals surface area contributed by atoms with Gasteiger partial charge in [0.05, 0.1) is 17.8 Å². The van der Waals surface area contributed by atoms with Gasteiger partial charge in [-0.2, -0.15) is 0 Å². The van der Waals surface area contributed by atoms with Crippen LogP contribution in [0.15, 0.2) is 6.07 Å². The molecule has 0 aliphatic carbocycles. The minimum Gasteiger partial charge on any atom is -0.378 e. The minimum atomic E-state index is 0.00305. The summed E-state index contributed by atoms with van der Waals surface area (Å²) in [5.41, 5.74) is 1.02. The largest absolute Gasteiger partial charge is 0.378 e. The van der Waals surface area contributed by atoms with Crippen LogP contribution in [0.5, 0.6) is 0 Å². The highest BCUT2D eigenvalue weighted by Crippen LogP contribution is 2.14.